The number of ketones is 1. The lowest BCUT2D eigenvalue weighted by Crippen LogP contribution is -2.06. The van der Waals surface area contributed by atoms with Crippen LogP contribution in [0.15, 0.2) is 24.3 Å². The molecule has 0 saturated heterocycles. The monoisotopic (exact) mass is 230 g/mol. The summed E-state index contributed by atoms with van der Waals surface area (Å²) in [6.07, 6.45) is 0. The molecule has 1 aromatic rings. The molecular formula is C14H14O3. The van der Waals surface area contributed by atoms with Crippen molar-refractivity contribution in [1.29, 1.82) is 0 Å². The Labute approximate surface area is 101 Å². The van der Waals surface area contributed by atoms with Crippen LogP contribution in [-0.2, 0) is 9.53 Å². The number of carbonyl (C=O) groups is 2. The van der Waals surface area contributed by atoms with E-state index in [1.807, 2.05) is 13.8 Å². The quantitative estimate of drug-likeness (QED) is 0.443. The summed E-state index contributed by atoms with van der Waals surface area (Å²) in [7, 11) is 1.28. The van der Waals surface area contributed by atoms with Gasteiger partial charge in [0.2, 0.25) is 0 Å². The summed E-state index contributed by atoms with van der Waals surface area (Å²) in [6, 6.07) is 6.85. The molecule has 17 heavy (non-hydrogen) atoms. The number of benzene rings is 1. The second kappa shape index (κ2) is 5.86. The molecule has 1 rings (SSSR count). The molecule has 3 nitrogen and oxygen atoms in total. The number of carbonyl (C=O) groups excluding carboxylic acids is 2. The summed E-state index contributed by atoms with van der Waals surface area (Å²) < 4.78 is 4.40. The fraction of sp³-hybridized carbons (Fsp3) is 0.286. The van der Waals surface area contributed by atoms with E-state index >= 15 is 0 Å². The van der Waals surface area contributed by atoms with Crippen LogP contribution >= 0.6 is 0 Å². The van der Waals surface area contributed by atoms with Gasteiger partial charge in [0.25, 0.3) is 0 Å². The van der Waals surface area contributed by atoms with Crippen molar-refractivity contribution < 1.29 is 14.3 Å². The Morgan fingerprint density at radius 1 is 1.18 bits per heavy atom. The minimum atomic E-state index is -0.577. The maximum atomic E-state index is 11.7. The van der Waals surface area contributed by atoms with Crippen molar-refractivity contribution in [3.05, 3.63) is 35.4 Å². The summed E-state index contributed by atoms with van der Waals surface area (Å²) >= 11 is 0. The number of ether oxygens (including phenoxy) is 1. The second-order valence-electron chi connectivity index (χ2n) is 3.84. The average Bonchev–Trinajstić information content (AvgIpc) is 2.35. The third kappa shape index (κ3) is 3.76. The fourth-order valence-electron chi connectivity index (χ4n) is 1.23. The van der Waals surface area contributed by atoms with Gasteiger partial charge in [0.05, 0.1) is 7.11 Å². The van der Waals surface area contributed by atoms with Gasteiger partial charge in [0.15, 0.2) is 5.78 Å². The third-order valence-electron chi connectivity index (χ3n) is 2.19. The van der Waals surface area contributed by atoms with Crippen LogP contribution in [0.2, 0.25) is 0 Å². The first-order chi connectivity index (χ1) is 8.04. The molecule has 0 fully saturated rings. The average molecular weight is 230 g/mol. The molecule has 3 heteroatoms. The molecule has 0 aliphatic rings. The summed E-state index contributed by atoms with van der Waals surface area (Å²) in [5.74, 6) is 4.47. The second-order valence-corrected chi connectivity index (χ2v) is 3.84. The van der Waals surface area contributed by atoms with Crippen molar-refractivity contribution in [3.63, 3.8) is 0 Å². The zero-order valence-corrected chi connectivity index (χ0v) is 10.1. The van der Waals surface area contributed by atoms with Crippen molar-refractivity contribution in [2.24, 2.45) is 5.92 Å². The van der Waals surface area contributed by atoms with Gasteiger partial charge in [-0.1, -0.05) is 31.9 Å². The van der Waals surface area contributed by atoms with Crippen LogP contribution < -0.4 is 0 Å². The first-order valence-electron chi connectivity index (χ1n) is 5.29. The molecule has 0 N–H and O–H groups in total. The van der Waals surface area contributed by atoms with Gasteiger partial charge < -0.3 is 4.74 Å². The zero-order valence-electron chi connectivity index (χ0n) is 10.1. The lowest BCUT2D eigenvalue weighted by molar-refractivity contribution is -0.133. The minimum absolute atomic E-state index is 0.0259. The Bertz CT molecular complexity index is 472. The molecule has 0 atom stereocenters. The van der Waals surface area contributed by atoms with Gasteiger partial charge in [-0.25, -0.2) is 4.79 Å². The van der Waals surface area contributed by atoms with Gasteiger partial charge in [0.1, 0.15) is 0 Å². The maximum absolute atomic E-state index is 11.7. The molecule has 88 valence electrons. The molecule has 0 aliphatic carbocycles. The topological polar surface area (TPSA) is 43.4 Å². The molecule has 1 aromatic carbocycles. The lowest BCUT2D eigenvalue weighted by Gasteiger charge is -2.03. The third-order valence-corrected chi connectivity index (χ3v) is 2.19. The van der Waals surface area contributed by atoms with E-state index in [4.69, 9.17) is 0 Å². The Kier molecular flexibility index (Phi) is 4.47. The van der Waals surface area contributed by atoms with Crippen molar-refractivity contribution >= 4 is 11.8 Å². The van der Waals surface area contributed by atoms with E-state index in [1.54, 1.807) is 24.3 Å². The lowest BCUT2D eigenvalue weighted by atomic mass is 10.0. The molecule has 0 saturated carbocycles. The standard InChI is InChI=1S/C14H14O3/c1-10(2)14(16)12-7-4-11(5-8-12)6-9-13(15)17-3/h4-5,7-8,10H,1-3H3. The highest BCUT2D eigenvalue weighted by Gasteiger charge is 2.09. The molecule has 0 amide bonds. The molecular weight excluding hydrogens is 216 g/mol. The summed E-state index contributed by atoms with van der Waals surface area (Å²) in [4.78, 5) is 22.5. The molecule has 0 unspecified atom stereocenters. The van der Waals surface area contributed by atoms with Crippen molar-refractivity contribution in [1.82, 2.24) is 0 Å². The molecule has 0 spiro atoms. The number of esters is 1. The molecule has 0 heterocycles. The van der Waals surface area contributed by atoms with E-state index in [0.717, 1.165) is 0 Å². The van der Waals surface area contributed by atoms with E-state index in [0.29, 0.717) is 11.1 Å². The van der Waals surface area contributed by atoms with Crippen LogP contribution in [0.5, 0.6) is 0 Å². The highest BCUT2D eigenvalue weighted by atomic mass is 16.5. The first kappa shape index (κ1) is 13.0. The maximum Gasteiger partial charge on any atom is 0.384 e. The highest BCUT2D eigenvalue weighted by Crippen LogP contribution is 2.09. The predicted octanol–water partition coefficient (Wildman–Crippen LogP) is 2.05. The highest BCUT2D eigenvalue weighted by molar-refractivity contribution is 5.97. The summed E-state index contributed by atoms with van der Waals surface area (Å²) in [5.41, 5.74) is 1.33. The number of rotatable bonds is 2. The first-order valence-corrected chi connectivity index (χ1v) is 5.29. The molecule has 0 aliphatic heterocycles. The van der Waals surface area contributed by atoms with E-state index in [2.05, 4.69) is 16.6 Å². The van der Waals surface area contributed by atoms with Gasteiger partial charge in [-0.2, -0.15) is 0 Å². The zero-order chi connectivity index (χ0) is 12.8. The van der Waals surface area contributed by atoms with E-state index in [-0.39, 0.29) is 11.7 Å². The summed E-state index contributed by atoms with van der Waals surface area (Å²) in [6.45, 7) is 3.71. The molecule has 0 radical (unpaired) electrons. The van der Waals surface area contributed by atoms with Gasteiger partial charge in [-0.3, -0.25) is 4.79 Å². The Hall–Kier alpha value is -2.08. The normalized spacial score (nSPS) is 9.41. The number of hydrogen-bond donors (Lipinski definition) is 0. The Balaban J connectivity index is 2.84. The van der Waals surface area contributed by atoms with Crippen LogP contribution in [-0.4, -0.2) is 18.9 Å². The van der Waals surface area contributed by atoms with Gasteiger partial charge in [-0.05, 0) is 12.1 Å². The van der Waals surface area contributed by atoms with Crippen LogP contribution in [0, 0.1) is 17.8 Å². The predicted molar refractivity (Wildman–Crippen MR) is 64.5 cm³/mol. The van der Waals surface area contributed by atoms with Crippen LogP contribution in [0.3, 0.4) is 0 Å². The fourth-order valence-corrected chi connectivity index (χ4v) is 1.23. The molecule has 0 aromatic heterocycles. The van der Waals surface area contributed by atoms with Gasteiger partial charge >= 0.3 is 5.97 Å². The van der Waals surface area contributed by atoms with Gasteiger partial charge in [-0.15, -0.1) is 0 Å². The van der Waals surface area contributed by atoms with E-state index < -0.39 is 5.97 Å². The Morgan fingerprint density at radius 3 is 2.24 bits per heavy atom. The SMILES string of the molecule is COC(=O)C#Cc1ccc(C(=O)C(C)C)cc1. The number of Topliss-reactive ketones (excluding diaryl/α,β-unsaturated/α-hetero) is 1. The van der Waals surface area contributed by atoms with E-state index in [1.165, 1.54) is 7.11 Å². The number of hydrogen-bond acceptors (Lipinski definition) is 3. The minimum Gasteiger partial charge on any atom is -0.459 e. The Morgan fingerprint density at radius 2 is 1.76 bits per heavy atom. The number of methoxy groups -OCH3 is 1. The van der Waals surface area contributed by atoms with Crippen LogP contribution in [0.4, 0.5) is 0 Å². The van der Waals surface area contributed by atoms with Crippen molar-refractivity contribution in [2.75, 3.05) is 7.11 Å². The van der Waals surface area contributed by atoms with Crippen molar-refractivity contribution in [2.45, 2.75) is 13.8 Å². The molecule has 0 bridgehead atoms. The van der Waals surface area contributed by atoms with Crippen LogP contribution in [0.1, 0.15) is 29.8 Å². The van der Waals surface area contributed by atoms with E-state index in [9.17, 15) is 9.59 Å². The van der Waals surface area contributed by atoms with Crippen LogP contribution in [0.25, 0.3) is 0 Å². The van der Waals surface area contributed by atoms with Gasteiger partial charge in [0, 0.05) is 23.0 Å². The summed E-state index contributed by atoms with van der Waals surface area (Å²) in [5, 5.41) is 0. The van der Waals surface area contributed by atoms with Crippen molar-refractivity contribution in [3.8, 4) is 11.8 Å². The smallest absolute Gasteiger partial charge is 0.384 e. The largest absolute Gasteiger partial charge is 0.459 e.